The minimum Gasteiger partial charge on any atom is -0.358 e. The normalized spacial score (nSPS) is 10.5. The summed E-state index contributed by atoms with van der Waals surface area (Å²) < 4.78 is 0. The molecule has 0 fully saturated rings. The van der Waals surface area contributed by atoms with Crippen LogP contribution in [-0.4, -0.2) is 43.9 Å². The molecule has 0 atom stereocenters. The predicted octanol–water partition coefficient (Wildman–Crippen LogP) is 0.542. The average Bonchev–Trinajstić information content (AvgIpc) is 2.47. The highest BCUT2D eigenvalue weighted by molar-refractivity contribution is 5.90. The summed E-state index contributed by atoms with van der Waals surface area (Å²) >= 11 is 0. The summed E-state index contributed by atoms with van der Waals surface area (Å²) in [5.41, 5.74) is 7.32. The summed E-state index contributed by atoms with van der Waals surface area (Å²) in [6, 6.07) is 7.48. The van der Waals surface area contributed by atoms with Gasteiger partial charge in [-0.25, -0.2) is 0 Å². The van der Waals surface area contributed by atoms with Crippen molar-refractivity contribution in [2.24, 2.45) is 5.73 Å². The van der Waals surface area contributed by atoms with Gasteiger partial charge in [-0.15, -0.1) is 0 Å². The number of benzene rings is 1. The highest BCUT2D eigenvalue weighted by atomic mass is 16.2. The Morgan fingerprint density at radius 3 is 2.43 bits per heavy atom. The van der Waals surface area contributed by atoms with Gasteiger partial charge < -0.3 is 16.4 Å². The van der Waals surface area contributed by atoms with E-state index in [2.05, 4.69) is 10.6 Å². The quantitative estimate of drug-likeness (QED) is 0.652. The fourth-order valence-corrected chi connectivity index (χ4v) is 1.86. The summed E-state index contributed by atoms with van der Waals surface area (Å²) in [6.07, 6.45) is 1.14. The molecule has 0 spiro atoms. The van der Waals surface area contributed by atoms with Crippen LogP contribution in [0.15, 0.2) is 24.3 Å². The lowest BCUT2D eigenvalue weighted by Gasteiger charge is -2.15. The zero-order chi connectivity index (χ0) is 15.7. The van der Waals surface area contributed by atoms with Gasteiger partial charge in [0.15, 0.2) is 0 Å². The van der Waals surface area contributed by atoms with Gasteiger partial charge in [0, 0.05) is 25.7 Å². The smallest absolute Gasteiger partial charge is 0.233 e. The summed E-state index contributed by atoms with van der Waals surface area (Å²) in [5.74, 6) is -0.0502. The van der Waals surface area contributed by atoms with Crippen molar-refractivity contribution in [3.8, 4) is 0 Å². The van der Waals surface area contributed by atoms with E-state index in [9.17, 15) is 9.59 Å². The topological polar surface area (TPSA) is 87.5 Å². The lowest BCUT2D eigenvalue weighted by atomic mass is 10.2. The van der Waals surface area contributed by atoms with E-state index in [1.165, 1.54) is 0 Å². The number of carbonyl (C=O) groups is 2. The third-order valence-electron chi connectivity index (χ3n) is 3.11. The minimum absolute atomic E-state index is 0.0242. The number of anilines is 1. The molecule has 1 rings (SSSR count). The Morgan fingerprint density at radius 1 is 1.19 bits per heavy atom. The van der Waals surface area contributed by atoms with Crippen molar-refractivity contribution in [2.75, 3.05) is 32.5 Å². The lowest BCUT2D eigenvalue weighted by Crippen LogP contribution is -2.33. The maximum Gasteiger partial charge on any atom is 0.233 e. The summed E-state index contributed by atoms with van der Waals surface area (Å²) in [5, 5.41) is 5.41. The molecule has 0 aromatic heterocycles. The molecule has 116 valence electrons. The highest BCUT2D eigenvalue weighted by Crippen LogP contribution is 2.09. The van der Waals surface area contributed by atoms with Gasteiger partial charge in [-0.05, 0) is 37.7 Å². The monoisotopic (exact) mass is 292 g/mol. The van der Waals surface area contributed by atoms with Crippen LogP contribution in [0, 0.1) is 0 Å². The van der Waals surface area contributed by atoms with Crippen molar-refractivity contribution in [3.63, 3.8) is 0 Å². The third-order valence-corrected chi connectivity index (χ3v) is 3.11. The molecule has 0 saturated carbocycles. The van der Waals surface area contributed by atoms with E-state index < -0.39 is 0 Å². The van der Waals surface area contributed by atoms with Gasteiger partial charge in [0.25, 0.3) is 0 Å². The van der Waals surface area contributed by atoms with Crippen LogP contribution < -0.4 is 16.4 Å². The molecular formula is C15H24N4O2. The number of hydrogen-bond acceptors (Lipinski definition) is 4. The molecule has 1 aromatic rings. The Labute approximate surface area is 125 Å². The van der Waals surface area contributed by atoms with E-state index in [4.69, 9.17) is 5.73 Å². The predicted molar refractivity (Wildman–Crippen MR) is 83.8 cm³/mol. The van der Waals surface area contributed by atoms with Crippen molar-refractivity contribution < 1.29 is 9.59 Å². The zero-order valence-electron chi connectivity index (χ0n) is 12.7. The van der Waals surface area contributed by atoms with Gasteiger partial charge in [0.1, 0.15) is 0 Å². The van der Waals surface area contributed by atoms with Crippen LogP contribution in [0.1, 0.15) is 18.4 Å². The molecule has 0 unspecified atom stereocenters. The SMILES string of the molecule is CNC(=O)CN(C)CCCC(=O)Nc1ccc(CN)cc1. The molecule has 4 N–H and O–H groups in total. The number of rotatable bonds is 8. The number of nitrogens with one attached hydrogen (secondary N) is 2. The molecule has 1 aromatic carbocycles. The van der Waals surface area contributed by atoms with E-state index in [-0.39, 0.29) is 11.8 Å². The maximum atomic E-state index is 11.8. The van der Waals surface area contributed by atoms with E-state index in [0.29, 0.717) is 32.5 Å². The molecule has 0 saturated heterocycles. The van der Waals surface area contributed by atoms with Crippen LogP contribution in [0.3, 0.4) is 0 Å². The van der Waals surface area contributed by atoms with E-state index in [1.54, 1.807) is 7.05 Å². The van der Waals surface area contributed by atoms with Gasteiger partial charge >= 0.3 is 0 Å². The number of carbonyl (C=O) groups excluding carboxylic acids is 2. The van der Waals surface area contributed by atoms with Gasteiger partial charge in [-0.3, -0.25) is 14.5 Å². The Morgan fingerprint density at radius 2 is 1.86 bits per heavy atom. The van der Waals surface area contributed by atoms with Crippen molar-refractivity contribution in [3.05, 3.63) is 29.8 Å². The van der Waals surface area contributed by atoms with Crippen LogP contribution in [0.2, 0.25) is 0 Å². The molecule has 0 aliphatic rings. The van der Waals surface area contributed by atoms with Crippen LogP contribution in [0.5, 0.6) is 0 Å². The van der Waals surface area contributed by atoms with E-state index in [1.807, 2.05) is 36.2 Å². The van der Waals surface area contributed by atoms with Crippen LogP contribution in [-0.2, 0) is 16.1 Å². The molecule has 0 aliphatic heterocycles. The lowest BCUT2D eigenvalue weighted by molar-refractivity contribution is -0.121. The Balaban J connectivity index is 2.25. The van der Waals surface area contributed by atoms with Crippen LogP contribution in [0.25, 0.3) is 0 Å². The molecule has 21 heavy (non-hydrogen) atoms. The first-order valence-electron chi connectivity index (χ1n) is 7.03. The van der Waals surface area contributed by atoms with Crippen molar-refractivity contribution in [2.45, 2.75) is 19.4 Å². The largest absolute Gasteiger partial charge is 0.358 e. The molecule has 0 aliphatic carbocycles. The molecule has 0 radical (unpaired) electrons. The summed E-state index contributed by atoms with van der Waals surface area (Å²) in [6.45, 7) is 1.54. The fraction of sp³-hybridized carbons (Fsp3) is 0.467. The maximum absolute atomic E-state index is 11.8. The van der Waals surface area contributed by atoms with Crippen molar-refractivity contribution >= 4 is 17.5 Å². The molecule has 0 bridgehead atoms. The second kappa shape index (κ2) is 9.10. The Bertz CT molecular complexity index is 459. The number of nitrogens with zero attached hydrogens (tertiary/aromatic N) is 1. The van der Waals surface area contributed by atoms with Crippen molar-refractivity contribution in [1.29, 1.82) is 0 Å². The van der Waals surface area contributed by atoms with E-state index >= 15 is 0 Å². The Hall–Kier alpha value is -1.92. The van der Waals surface area contributed by atoms with Gasteiger partial charge in [-0.1, -0.05) is 12.1 Å². The van der Waals surface area contributed by atoms with Gasteiger partial charge in [0.2, 0.25) is 11.8 Å². The second-order valence-corrected chi connectivity index (χ2v) is 4.96. The summed E-state index contributed by atoms with van der Waals surface area (Å²) in [7, 11) is 3.47. The second-order valence-electron chi connectivity index (χ2n) is 4.96. The van der Waals surface area contributed by atoms with E-state index in [0.717, 1.165) is 11.3 Å². The average molecular weight is 292 g/mol. The number of nitrogens with two attached hydrogens (primary N) is 1. The molecule has 6 heteroatoms. The number of amides is 2. The first kappa shape index (κ1) is 17.1. The highest BCUT2D eigenvalue weighted by Gasteiger charge is 2.06. The Kier molecular flexibility index (Phi) is 7.42. The number of likely N-dealkylation sites (N-methyl/N-ethyl adjacent to an activating group) is 2. The molecule has 0 heterocycles. The van der Waals surface area contributed by atoms with Crippen LogP contribution >= 0.6 is 0 Å². The van der Waals surface area contributed by atoms with Gasteiger partial charge in [0.05, 0.1) is 6.54 Å². The molecule has 2 amide bonds. The fourth-order valence-electron chi connectivity index (χ4n) is 1.86. The first-order chi connectivity index (χ1) is 10.0. The zero-order valence-corrected chi connectivity index (χ0v) is 12.7. The first-order valence-corrected chi connectivity index (χ1v) is 7.03. The van der Waals surface area contributed by atoms with Gasteiger partial charge in [-0.2, -0.15) is 0 Å². The molecular weight excluding hydrogens is 268 g/mol. The third kappa shape index (κ3) is 6.87. The summed E-state index contributed by atoms with van der Waals surface area (Å²) in [4.78, 5) is 24.9. The number of hydrogen-bond donors (Lipinski definition) is 3. The molecule has 6 nitrogen and oxygen atoms in total. The van der Waals surface area contributed by atoms with Crippen molar-refractivity contribution in [1.82, 2.24) is 10.2 Å². The minimum atomic E-state index is -0.0260. The standard InChI is InChI=1S/C15H24N4O2/c1-17-15(21)11-19(2)9-3-4-14(20)18-13-7-5-12(10-16)6-8-13/h5-8H,3-4,9-11,16H2,1-2H3,(H,17,21)(H,18,20). The van der Waals surface area contributed by atoms with Crippen LogP contribution in [0.4, 0.5) is 5.69 Å².